The van der Waals surface area contributed by atoms with Crippen molar-refractivity contribution in [3.8, 4) is 22.9 Å². The van der Waals surface area contributed by atoms with Crippen LogP contribution in [0.5, 0.6) is 11.6 Å². The van der Waals surface area contributed by atoms with Crippen LogP contribution in [0.4, 0.5) is 24.5 Å². The van der Waals surface area contributed by atoms with Crippen LogP contribution in [0.15, 0.2) is 67.0 Å². The zero-order chi connectivity index (χ0) is 29.0. The SMILES string of the molecule is CCc1nccc(-c2cccnc2Oc2cc(C(=O)Nc3cc(C(F)(F)F)ccc3N3CCOCC3)ccc2C)n1. The Hall–Kier alpha value is -4.51. The molecule has 11 heteroatoms. The van der Waals surface area contributed by atoms with Gasteiger partial charge in [-0.25, -0.2) is 15.0 Å². The van der Waals surface area contributed by atoms with Crippen LogP contribution in [-0.4, -0.2) is 47.2 Å². The fourth-order valence-corrected chi connectivity index (χ4v) is 4.43. The summed E-state index contributed by atoms with van der Waals surface area (Å²) in [5, 5.41) is 2.69. The van der Waals surface area contributed by atoms with Gasteiger partial charge in [-0.1, -0.05) is 13.0 Å². The van der Waals surface area contributed by atoms with Crippen LogP contribution < -0.4 is 15.0 Å². The Morgan fingerprint density at radius 2 is 1.85 bits per heavy atom. The maximum absolute atomic E-state index is 13.5. The largest absolute Gasteiger partial charge is 0.438 e. The van der Waals surface area contributed by atoms with Gasteiger partial charge < -0.3 is 19.7 Å². The van der Waals surface area contributed by atoms with Crippen LogP contribution in [0.25, 0.3) is 11.3 Å². The van der Waals surface area contributed by atoms with Crippen molar-refractivity contribution >= 4 is 17.3 Å². The van der Waals surface area contributed by atoms with Crippen LogP contribution >= 0.6 is 0 Å². The van der Waals surface area contributed by atoms with Crippen molar-refractivity contribution < 1.29 is 27.4 Å². The summed E-state index contributed by atoms with van der Waals surface area (Å²) in [6.07, 6.45) is -0.629. The van der Waals surface area contributed by atoms with Gasteiger partial charge in [-0.3, -0.25) is 4.79 Å². The van der Waals surface area contributed by atoms with Gasteiger partial charge in [-0.15, -0.1) is 0 Å². The summed E-state index contributed by atoms with van der Waals surface area (Å²) in [5.74, 6) is 0.771. The van der Waals surface area contributed by atoms with Gasteiger partial charge >= 0.3 is 6.18 Å². The molecule has 8 nitrogen and oxygen atoms in total. The lowest BCUT2D eigenvalue weighted by Gasteiger charge is -2.31. The Morgan fingerprint density at radius 1 is 1.05 bits per heavy atom. The average molecular weight is 564 g/mol. The number of morpholine rings is 1. The first-order valence-corrected chi connectivity index (χ1v) is 13.1. The molecule has 1 saturated heterocycles. The summed E-state index contributed by atoms with van der Waals surface area (Å²) < 4.78 is 52.1. The summed E-state index contributed by atoms with van der Waals surface area (Å²) in [4.78, 5) is 28.4. The Kier molecular flexibility index (Phi) is 8.16. The number of hydrogen-bond donors (Lipinski definition) is 1. The maximum Gasteiger partial charge on any atom is 0.416 e. The molecule has 0 aliphatic carbocycles. The molecule has 2 aromatic heterocycles. The molecule has 1 fully saturated rings. The van der Waals surface area contributed by atoms with Crippen LogP contribution in [0.2, 0.25) is 0 Å². The molecule has 5 rings (SSSR count). The van der Waals surface area contributed by atoms with Crippen molar-refractivity contribution in [2.45, 2.75) is 26.4 Å². The smallest absolute Gasteiger partial charge is 0.416 e. The minimum Gasteiger partial charge on any atom is -0.438 e. The number of anilines is 2. The van der Waals surface area contributed by atoms with Crippen LogP contribution in [0, 0.1) is 6.92 Å². The van der Waals surface area contributed by atoms with Crippen molar-refractivity contribution in [1.82, 2.24) is 15.0 Å². The summed E-state index contributed by atoms with van der Waals surface area (Å²) in [5.41, 5.74) is 1.96. The number of carbonyl (C=O) groups excluding carboxylic acids is 1. The third-order valence-electron chi connectivity index (χ3n) is 6.65. The van der Waals surface area contributed by atoms with E-state index >= 15 is 0 Å². The van der Waals surface area contributed by atoms with Crippen LogP contribution in [0.1, 0.15) is 34.2 Å². The van der Waals surface area contributed by atoms with E-state index in [4.69, 9.17) is 9.47 Å². The highest BCUT2D eigenvalue weighted by molar-refractivity contribution is 6.06. The van der Waals surface area contributed by atoms with E-state index in [9.17, 15) is 18.0 Å². The number of benzene rings is 2. The molecular weight excluding hydrogens is 535 g/mol. The van der Waals surface area contributed by atoms with Gasteiger partial charge in [-0.2, -0.15) is 13.2 Å². The number of pyridine rings is 1. The lowest BCUT2D eigenvalue weighted by Crippen LogP contribution is -2.36. The first-order valence-electron chi connectivity index (χ1n) is 13.1. The fraction of sp³-hybridized carbons (Fsp3) is 0.267. The normalized spacial score (nSPS) is 13.6. The van der Waals surface area contributed by atoms with Crippen molar-refractivity contribution in [1.29, 1.82) is 0 Å². The summed E-state index contributed by atoms with van der Waals surface area (Å²) in [6, 6.07) is 13.6. The van der Waals surface area contributed by atoms with E-state index in [1.54, 1.807) is 42.7 Å². The average Bonchev–Trinajstić information content (AvgIpc) is 2.98. The van der Waals surface area contributed by atoms with Crippen LogP contribution in [-0.2, 0) is 17.3 Å². The molecule has 0 atom stereocenters. The molecule has 0 saturated carbocycles. The van der Waals surface area contributed by atoms with Gasteiger partial charge in [0, 0.05) is 37.5 Å². The number of ether oxygens (including phenoxy) is 2. The van der Waals surface area contributed by atoms with Crippen molar-refractivity contribution in [2.24, 2.45) is 0 Å². The first-order chi connectivity index (χ1) is 19.7. The van der Waals surface area contributed by atoms with Gasteiger partial charge in [0.05, 0.1) is 41.4 Å². The summed E-state index contributed by atoms with van der Waals surface area (Å²) in [7, 11) is 0. The van der Waals surface area contributed by atoms with E-state index in [1.165, 1.54) is 6.07 Å². The lowest BCUT2D eigenvalue weighted by molar-refractivity contribution is -0.137. The molecule has 2 aromatic carbocycles. The third kappa shape index (κ3) is 6.46. The Bertz CT molecular complexity index is 1550. The molecule has 212 valence electrons. The van der Waals surface area contributed by atoms with E-state index < -0.39 is 17.6 Å². The van der Waals surface area contributed by atoms with Gasteiger partial charge in [0.1, 0.15) is 11.6 Å². The fourth-order valence-electron chi connectivity index (χ4n) is 4.43. The third-order valence-corrected chi connectivity index (χ3v) is 6.65. The van der Waals surface area contributed by atoms with E-state index in [1.807, 2.05) is 24.8 Å². The van der Waals surface area contributed by atoms with Gasteiger partial charge in [-0.05, 0) is 61.0 Å². The summed E-state index contributed by atoms with van der Waals surface area (Å²) >= 11 is 0. The van der Waals surface area contributed by atoms with E-state index in [-0.39, 0.29) is 11.3 Å². The number of aromatic nitrogens is 3. The molecule has 1 amide bonds. The zero-order valence-electron chi connectivity index (χ0n) is 22.5. The minimum atomic E-state index is -4.56. The van der Waals surface area contributed by atoms with Crippen molar-refractivity contribution in [2.75, 3.05) is 36.5 Å². The molecule has 1 aliphatic heterocycles. The monoisotopic (exact) mass is 563 g/mol. The first kappa shape index (κ1) is 28.0. The number of nitrogens with zero attached hydrogens (tertiary/aromatic N) is 4. The Morgan fingerprint density at radius 3 is 2.61 bits per heavy atom. The second-order valence-electron chi connectivity index (χ2n) is 9.43. The molecule has 1 aliphatic rings. The number of nitrogens with one attached hydrogen (secondary N) is 1. The lowest BCUT2D eigenvalue weighted by atomic mass is 10.1. The Balaban J connectivity index is 1.44. The quantitative estimate of drug-likeness (QED) is 0.282. The molecule has 0 radical (unpaired) electrons. The highest BCUT2D eigenvalue weighted by atomic mass is 19.4. The zero-order valence-corrected chi connectivity index (χ0v) is 22.5. The predicted molar refractivity (Wildman–Crippen MR) is 148 cm³/mol. The topological polar surface area (TPSA) is 89.5 Å². The molecule has 1 N–H and O–H groups in total. The van der Waals surface area contributed by atoms with Gasteiger partial charge in [0.25, 0.3) is 5.91 Å². The molecule has 4 aromatic rings. The number of carbonyl (C=O) groups is 1. The predicted octanol–water partition coefficient (Wildman–Crippen LogP) is 6.31. The van der Waals surface area contributed by atoms with Gasteiger partial charge in [0.15, 0.2) is 0 Å². The molecule has 0 unspecified atom stereocenters. The number of amides is 1. The number of rotatable bonds is 7. The molecule has 0 spiro atoms. The van der Waals surface area contributed by atoms with Crippen molar-refractivity contribution in [3.05, 3.63) is 89.5 Å². The highest BCUT2D eigenvalue weighted by Gasteiger charge is 2.32. The van der Waals surface area contributed by atoms with Crippen LogP contribution in [0.3, 0.4) is 0 Å². The number of alkyl halides is 3. The van der Waals surface area contributed by atoms with Gasteiger partial charge in [0.2, 0.25) is 5.88 Å². The number of aryl methyl sites for hydroxylation is 2. The molecule has 3 heterocycles. The molecule has 0 bridgehead atoms. The number of hydrogen-bond acceptors (Lipinski definition) is 7. The highest BCUT2D eigenvalue weighted by Crippen LogP contribution is 2.37. The summed E-state index contributed by atoms with van der Waals surface area (Å²) in [6.45, 7) is 5.66. The standard InChI is InChI=1S/C30H28F3N5O3/c1-3-27-34-12-10-23(36-27)22-5-4-11-35-29(22)41-26-17-20(7-6-19(26)2)28(39)37-24-18-21(30(31,32)33)8-9-25(24)38-13-15-40-16-14-38/h4-12,17-18H,3,13-16H2,1-2H3,(H,37,39). The molecule has 41 heavy (non-hydrogen) atoms. The molecular formula is C30H28F3N5O3. The van der Waals surface area contributed by atoms with Crippen molar-refractivity contribution in [3.63, 3.8) is 0 Å². The number of halogens is 3. The van der Waals surface area contributed by atoms with E-state index in [0.29, 0.717) is 67.1 Å². The maximum atomic E-state index is 13.5. The second-order valence-corrected chi connectivity index (χ2v) is 9.43. The van der Waals surface area contributed by atoms with E-state index in [0.717, 1.165) is 17.7 Å². The Labute approximate surface area is 235 Å². The van der Waals surface area contributed by atoms with E-state index in [2.05, 4.69) is 20.3 Å². The minimum absolute atomic E-state index is 0.0669. The second kappa shape index (κ2) is 11.9.